The Balaban J connectivity index is 1.03. The van der Waals surface area contributed by atoms with Gasteiger partial charge in [-0.2, -0.15) is 0 Å². The molecule has 1 spiro atoms. The zero-order chi connectivity index (χ0) is 41.0. The van der Waals surface area contributed by atoms with E-state index in [-0.39, 0.29) is 12.3 Å². The van der Waals surface area contributed by atoms with Crippen LogP contribution in [0.25, 0.3) is 11.1 Å². The minimum absolute atomic E-state index is 0.189. The molecule has 7 heteroatoms. The molecule has 7 nitrogen and oxygen atoms in total. The van der Waals surface area contributed by atoms with Crippen LogP contribution in [-0.2, 0) is 5.41 Å². The van der Waals surface area contributed by atoms with E-state index in [1.807, 2.05) is 48.5 Å². The highest BCUT2D eigenvalue weighted by Gasteiger charge is 2.52. The van der Waals surface area contributed by atoms with E-state index < -0.39 is 11.6 Å². The molecule has 0 aromatic heterocycles. The Bertz CT molecular complexity index is 3090. The first-order chi connectivity index (χ1) is 30.7. The lowest BCUT2D eigenvalue weighted by Crippen LogP contribution is -2.45. The minimum atomic E-state index is -0.680. The van der Waals surface area contributed by atoms with Crippen molar-refractivity contribution in [3.63, 3.8) is 0 Å². The molecule has 3 N–H and O–H groups in total. The summed E-state index contributed by atoms with van der Waals surface area (Å²) in [6.45, 7) is 0. The fourth-order valence-electron chi connectivity index (χ4n) is 9.69. The number of ether oxygens (including phenoxy) is 1. The van der Waals surface area contributed by atoms with Gasteiger partial charge in [-0.15, -0.1) is 0 Å². The molecule has 1 aliphatic carbocycles. The zero-order valence-corrected chi connectivity index (χ0v) is 33.6. The summed E-state index contributed by atoms with van der Waals surface area (Å²) in [6, 6.07) is 72.1. The Hall–Kier alpha value is -7.87. The molecule has 8 aromatic carbocycles. The summed E-state index contributed by atoms with van der Waals surface area (Å²) in [6.07, 6.45) is -0.863. The third kappa shape index (κ3) is 5.81. The molecule has 62 heavy (non-hydrogen) atoms. The Morgan fingerprint density at radius 2 is 1.00 bits per heavy atom. The highest BCUT2D eigenvalue weighted by Crippen LogP contribution is 2.62. The van der Waals surface area contributed by atoms with Crippen LogP contribution in [0.2, 0.25) is 0 Å². The predicted molar refractivity (Wildman–Crippen MR) is 247 cm³/mol. The molecular formula is C55H40N6O. The first-order valence-corrected chi connectivity index (χ1v) is 21.1. The third-order valence-corrected chi connectivity index (χ3v) is 12.5. The fraction of sp³-hybridized carbons (Fsp3) is 0.0727. The van der Waals surface area contributed by atoms with Crippen LogP contribution in [0.1, 0.15) is 74.1 Å². The van der Waals surface area contributed by atoms with Crippen molar-refractivity contribution in [3.05, 3.63) is 262 Å². The Labute approximate surface area is 360 Å². The van der Waals surface area contributed by atoms with Crippen molar-refractivity contribution in [1.82, 2.24) is 16.0 Å². The van der Waals surface area contributed by atoms with Crippen molar-refractivity contribution < 1.29 is 4.74 Å². The van der Waals surface area contributed by atoms with Crippen LogP contribution in [0.3, 0.4) is 0 Å². The van der Waals surface area contributed by atoms with Gasteiger partial charge in [0.1, 0.15) is 41.3 Å². The van der Waals surface area contributed by atoms with Crippen LogP contribution in [0.15, 0.2) is 221 Å². The first-order valence-electron chi connectivity index (χ1n) is 21.1. The molecule has 0 saturated carbocycles. The van der Waals surface area contributed by atoms with Gasteiger partial charge < -0.3 is 15.4 Å². The number of nitrogens with zero attached hydrogens (tertiary/aromatic N) is 3. The van der Waals surface area contributed by atoms with Gasteiger partial charge >= 0.3 is 0 Å². The van der Waals surface area contributed by atoms with Crippen molar-refractivity contribution in [1.29, 1.82) is 0 Å². The second kappa shape index (κ2) is 14.7. The molecule has 0 saturated heterocycles. The molecule has 0 amide bonds. The summed E-state index contributed by atoms with van der Waals surface area (Å²) in [7, 11) is 0. The zero-order valence-electron chi connectivity index (χ0n) is 33.6. The van der Waals surface area contributed by atoms with Crippen LogP contribution in [0.5, 0.6) is 11.5 Å². The number of hydrogen-bond donors (Lipinski definition) is 3. The fourth-order valence-corrected chi connectivity index (χ4v) is 9.69. The number of hydrogen-bond acceptors (Lipinski definition) is 7. The number of rotatable bonds is 6. The summed E-state index contributed by atoms with van der Waals surface area (Å²) in [5.41, 5.74) is 12.4. The molecule has 4 unspecified atom stereocenters. The number of amidine groups is 3. The lowest BCUT2D eigenvalue weighted by atomic mass is 9.65. The summed E-state index contributed by atoms with van der Waals surface area (Å²) >= 11 is 0. The highest BCUT2D eigenvalue weighted by molar-refractivity contribution is 6.16. The van der Waals surface area contributed by atoms with Crippen LogP contribution in [-0.4, -0.2) is 17.5 Å². The van der Waals surface area contributed by atoms with E-state index in [2.05, 4.69) is 174 Å². The van der Waals surface area contributed by atoms with Gasteiger partial charge in [-0.3, -0.25) is 5.32 Å². The maximum atomic E-state index is 7.10. The highest BCUT2D eigenvalue weighted by atomic mass is 16.5. The molecule has 3 aliphatic heterocycles. The van der Waals surface area contributed by atoms with Gasteiger partial charge in [0.05, 0.1) is 11.0 Å². The normalized spacial score (nSPS) is 20.5. The van der Waals surface area contributed by atoms with E-state index in [0.29, 0.717) is 0 Å². The third-order valence-electron chi connectivity index (χ3n) is 12.5. The van der Waals surface area contributed by atoms with Crippen LogP contribution < -0.4 is 20.7 Å². The van der Waals surface area contributed by atoms with Crippen LogP contribution in [0.4, 0.5) is 0 Å². The van der Waals surface area contributed by atoms with E-state index in [4.69, 9.17) is 19.7 Å². The maximum Gasteiger partial charge on any atom is 0.169 e. The van der Waals surface area contributed by atoms with Crippen LogP contribution in [0, 0.1) is 0 Å². The van der Waals surface area contributed by atoms with Gasteiger partial charge in [0.15, 0.2) is 6.17 Å². The van der Waals surface area contributed by atoms with Gasteiger partial charge in [-0.1, -0.05) is 188 Å². The largest absolute Gasteiger partial charge is 0.456 e. The van der Waals surface area contributed by atoms with Gasteiger partial charge in [0.25, 0.3) is 0 Å². The molecular weight excluding hydrogens is 761 g/mol. The number of fused-ring (bicyclic) bond motifs is 9. The summed E-state index contributed by atoms with van der Waals surface area (Å²) in [5.74, 6) is 3.95. The monoisotopic (exact) mass is 800 g/mol. The summed E-state index contributed by atoms with van der Waals surface area (Å²) in [4.78, 5) is 15.7. The quantitative estimate of drug-likeness (QED) is 0.156. The molecule has 0 fully saturated rings. The van der Waals surface area contributed by atoms with Crippen molar-refractivity contribution in [2.75, 3.05) is 0 Å². The smallest absolute Gasteiger partial charge is 0.169 e. The predicted octanol–water partition coefficient (Wildman–Crippen LogP) is 11.0. The van der Waals surface area contributed by atoms with Gasteiger partial charge in [0, 0.05) is 22.3 Å². The average molecular weight is 801 g/mol. The second-order valence-electron chi connectivity index (χ2n) is 16.0. The lowest BCUT2D eigenvalue weighted by molar-refractivity contribution is 0.405. The summed E-state index contributed by atoms with van der Waals surface area (Å²) in [5, 5.41) is 11.2. The Morgan fingerprint density at radius 3 is 1.76 bits per heavy atom. The minimum Gasteiger partial charge on any atom is -0.456 e. The van der Waals surface area contributed by atoms with E-state index in [1.165, 1.54) is 16.7 Å². The lowest BCUT2D eigenvalue weighted by Gasteiger charge is -2.40. The van der Waals surface area contributed by atoms with Gasteiger partial charge in [0.2, 0.25) is 0 Å². The topological polar surface area (TPSA) is 82.4 Å². The number of para-hydroxylation sites is 2. The molecule has 0 radical (unpaired) electrons. The van der Waals surface area contributed by atoms with Gasteiger partial charge in [-0.25, -0.2) is 15.0 Å². The van der Waals surface area contributed by atoms with Crippen LogP contribution >= 0.6 is 0 Å². The van der Waals surface area contributed by atoms with Crippen molar-refractivity contribution >= 4 is 17.5 Å². The molecule has 3 heterocycles. The Morgan fingerprint density at radius 1 is 0.419 bits per heavy atom. The SMILES string of the molecule is c1ccc(C2=NC(c3ccccc3)N=C(c3ccc4c(c3)-c3ccccc3C43c4ccccc4Oc4c(C5=NC(c6ccccc6)NC(c6ccccc6)N5)cccc43)N2)cc1. The second-order valence-corrected chi connectivity index (χ2v) is 16.0. The number of nitrogens with one attached hydrogen (secondary N) is 3. The molecule has 4 aliphatic rings. The van der Waals surface area contributed by atoms with E-state index in [0.717, 1.165) is 79.1 Å². The molecule has 12 rings (SSSR count). The molecule has 296 valence electrons. The molecule has 4 atom stereocenters. The van der Waals surface area contributed by atoms with Crippen molar-refractivity contribution in [2.45, 2.75) is 23.9 Å². The van der Waals surface area contributed by atoms with Crippen molar-refractivity contribution in [3.8, 4) is 22.6 Å². The Kier molecular flexibility index (Phi) is 8.54. The standard InChI is InChI=1S/C55H40N6O/c1-5-18-35(19-6-1)49-56-50(36-20-7-2-8-21-36)59-53(58-49)39-32-33-44-42(34-39)40-26-13-14-28-43(40)55(44)45-29-15-16-31-47(45)62-48-41(27-17-30-46(48)55)54-60-51(37-22-9-3-10-23-37)57-52(61-54)38-24-11-4-12-25-38/h1-34,49,51-52,57H,(H,60,61)(H,56,58,59). The van der Waals surface area contributed by atoms with Gasteiger partial charge in [-0.05, 0) is 57.1 Å². The molecule has 0 bridgehead atoms. The van der Waals surface area contributed by atoms with Crippen molar-refractivity contribution in [2.24, 2.45) is 15.0 Å². The van der Waals surface area contributed by atoms with E-state index >= 15 is 0 Å². The number of aliphatic imine (C=N–C) groups is 3. The molecule has 8 aromatic rings. The maximum absolute atomic E-state index is 7.10. The first kappa shape index (κ1) is 36.0. The van der Waals surface area contributed by atoms with E-state index in [1.54, 1.807) is 0 Å². The summed E-state index contributed by atoms with van der Waals surface area (Å²) < 4.78 is 7.10. The number of benzene rings is 8. The van der Waals surface area contributed by atoms with E-state index in [9.17, 15) is 0 Å². The average Bonchev–Trinajstić information content (AvgIpc) is 3.64.